The van der Waals surface area contributed by atoms with Crippen molar-refractivity contribution >= 4 is 29.2 Å². The molecule has 0 amide bonds. The van der Waals surface area contributed by atoms with Gasteiger partial charge in [0, 0.05) is 6.07 Å². The van der Waals surface area contributed by atoms with Crippen LogP contribution in [0.3, 0.4) is 0 Å². The van der Waals surface area contributed by atoms with Gasteiger partial charge in [0.15, 0.2) is 0 Å². The fourth-order valence-corrected chi connectivity index (χ4v) is 3.03. The maximum Gasteiger partial charge on any atom is 0.340 e. The molecule has 1 heterocycles. The molecule has 0 radical (unpaired) electrons. The van der Waals surface area contributed by atoms with Crippen molar-refractivity contribution in [2.24, 2.45) is 5.73 Å². The first-order valence-electron chi connectivity index (χ1n) is 8.39. The lowest BCUT2D eigenvalue weighted by molar-refractivity contribution is -0.384. The summed E-state index contributed by atoms with van der Waals surface area (Å²) in [5.41, 5.74) is 5.61. The Hall–Kier alpha value is -3.07. The normalized spacial score (nSPS) is 16.5. The highest BCUT2D eigenvalue weighted by Crippen LogP contribution is 2.42. The summed E-state index contributed by atoms with van der Waals surface area (Å²) in [6.45, 7) is 4.85. The van der Waals surface area contributed by atoms with Crippen molar-refractivity contribution in [3.8, 4) is 0 Å². The number of nitro benzene ring substituents is 1. The molecule has 1 aromatic rings. The number of rotatable bonds is 6. The molecule has 10 heteroatoms. The fourth-order valence-electron chi connectivity index (χ4n) is 2.84. The van der Waals surface area contributed by atoms with E-state index in [-0.39, 0.29) is 52.3 Å². The molecule has 1 aromatic carbocycles. The quantitative estimate of drug-likeness (QED) is 0.430. The summed E-state index contributed by atoms with van der Waals surface area (Å²) in [5, 5.41) is 11.2. The van der Waals surface area contributed by atoms with Gasteiger partial charge in [0.05, 0.1) is 29.6 Å². The van der Waals surface area contributed by atoms with Gasteiger partial charge in [-0.1, -0.05) is 17.7 Å². The van der Waals surface area contributed by atoms with Crippen molar-refractivity contribution in [3.05, 3.63) is 61.7 Å². The van der Waals surface area contributed by atoms with Crippen molar-refractivity contribution < 1.29 is 28.7 Å². The predicted octanol–water partition coefficient (Wildman–Crippen LogP) is 2.93. The Bertz CT molecular complexity index is 852. The second-order valence-corrected chi connectivity index (χ2v) is 6.10. The highest BCUT2D eigenvalue weighted by atomic mass is 35.5. The number of halogens is 1. The van der Waals surface area contributed by atoms with E-state index in [1.807, 2.05) is 0 Å². The minimum atomic E-state index is -1.08. The van der Waals surface area contributed by atoms with E-state index in [0.717, 1.165) is 0 Å². The summed E-state index contributed by atoms with van der Waals surface area (Å²) < 4.78 is 15.5. The molecule has 0 unspecified atom stereocenters. The van der Waals surface area contributed by atoms with Crippen molar-refractivity contribution in [1.82, 2.24) is 0 Å². The Labute approximate surface area is 165 Å². The van der Waals surface area contributed by atoms with Crippen LogP contribution in [0.1, 0.15) is 32.3 Å². The van der Waals surface area contributed by atoms with Gasteiger partial charge in [-0.25, -0.2) is 9.59 Å². The minimum absolute atomic E-state index is 0.00396. The number of esters is 2. The minimum Gasteiger partial charge on any atom is -0.463 e. The van der Waals surface area contributed by atoms with Gasteiger partial charge >= 0.3 is 11.9 Å². The largest absolute Gasteiger partial charge is 0.463 e. The monoisotopic (exact) mass is 410 g/mol. The lowest BCUT2D eigenvalue weighted by Gasteiger charge is -2.28. The second kappa shape index (κ2) is 8.75. The number of hydrogen-bond acceptors (Lipinski definition) is 8. The number of carbonyl (C=O) groups is 2. The third-order valence-corrected chi connectivity index (χ3v) is 4.30. The third-order valence-electron chi connectivity index (χ3n) is 3.98. The molecule has 0 saturated carbocycles. The number of ether oxygens (including phenoxy) is 3. The van der Waals surface area contributed by atoms with Gasteiger partial charge in [-0.15, -0.1) is 0 Å². The number of hydrogen-bond donors (Lipinski definition) is 1. The van der Waals surface area contributed by atoms with E-state index in [2.05, 4.69) is 0 Å². The van der Waals surface area contributed by atoms with Crippen molar-refractivity contribution in [2.75, 3.05) is 13.2 Å². The van der Waals surface area contributed by atoms with Crippen LogP contribution in [0.2, 0.25) is 5.02 Å². The van der Waals surface area contributed by atoms with Crippen molar-refractivity contribution in [1.29, 1.82) is 0 Å². The average molecular weight is 411 g/mol. The van der Waals surface area contributed by atoms with Crippen molar-refractivity contribution in [2.45, 2.75) is 26.7 Å². The first-order chi connectivity index (χ1) is 13.2. The predicted molar refractivity (Wildman–Crippen MR) is 99.1 cm³/mol. The van der Waals surface area contributed by atoms with Gasteiger partial charge in [-0.3, -0.25) is 10.1 Å². The summed E-state index contributed by atoms with van der Waals surface area (Å²) in [6, 6.07) is 3.95. The van der Waals surface area contributed by atoms with Crippen LogP contribution in [0, 0.1) is 10.1 Å². The lowest BCUT2D eigenvalue weighted by Crippen LogP contribution is -2.30. The van der Waals surface area contributed by atoms with Crippen LogP contribution in [0.15, 0.2) is 41.0 Å². The van der Waals surface area contributed by atoms with Crippen LogP contribution in [-0.2, 0) is 23.8 Å². The number of nitrogens with zero attached hydrogens (tertiary/aromatic N) is 1. The topological polar surface area (TPSA) is 131 Å². The molecule has 1 atom stereocenters. The Morgan fingerprint density at radius 1 is 1.21 bits per heavy atom. The zero-order valence-corrected chi connectivity index (χ0v) is 16.2. The molecule has 9 nitrogen and oxygen atoms in total. The molecule has 0 fully saturated rings. The SMILES string of the molecule is CCOC(=O)C1=C(C)OC(N)=C(C(=O)OCC)[C@@H]1c1ccc(Cl)c([N+](=O)[O-])c1. The number of nitrogens with two attached hydrogens (primary N) is 1. The molecule has 0 saturated heterocycles. The van der Waals surface area contributed by atoms with Crippen LogP contribution in [0.5, 0.6) is 0 Å². The van der Waals surface area contributed by atoms with E-state index in [9.17, 15) is 19.7 Å². The molecule has 1 aliphatic heterocycles. The van der Waals surface area contributed by atoms with Gasteiger partial charge in [-0.2, -0.15) is 0 Å². The fraction of sp³-hybridized carbons (Fsp3) is 0.333. The maximum atomic E-state index is 12.6. The first kappa shape index (κ1) is 21.2. The van der Waals surface area contributed by atoms with Crippen LogP contribution in [0.4, 0.5) is 5.69 Å². The number of benzene rings is 1. The van der Waals surface area contributed by atoms with E-state index in [1.54, 1.807) is 13.8 Å². The maximum absolute atomic E-state index is 12.6. The summed E-state index contributed by atoms with van der Waals surface area (Å²) >= 11 is 5.89. The van der Waals surface area contributed by atoms with Crippen LogP contribution in [-0.4, -0.2) is 30.1 Å². The van der Waals surface area contributed by atoms with Gasteiger partial charge in [0.1, 0.15) is 16.4 Å². The molecule has 0 aliphatic carbocycles. The number of carbonyl (C=O) groups excluding carboxylic acids is 2. The van der Waals surface area contributed by atoms with Crippen molar-refractivity contribution in [3.63, 3.8) is 0 Å². The van der Waals surface area contributed by atoms with E-state index >= 15 is 0 Å². The van der Waals surface area contributed by atoms with E-state index in [4.69, 9.17) is 31.5 Å². The molecule has 150 valence electrons. The highest BCUT2D eigenvalue weighted by molar-refractivity contribution is 6.32. The number of allylic oxidation sites excluding steroid dienone is 1. The zero-order chi connectivity index (χ0) is 21.0. The van der Waals surface area contributed by atoms with Gasteiger partial charge in [0.2, 0.25) is 5.88 Å². The van der Waals surface area contributed by atoms with Gasteiger partial charge in [0.25, 0.3) is 5.69 Å². The molecular weight excluding hydrogens is 392 g/mol. The van der Waals surface area contributed by atoms with E-state index < -0.39 is 22.8 Å². The molecule has 1 aliphatic rings. The Kier molecular flexibility index (Phi) is 6.63. The second-order valence-electron chi connectivity index (χ2n) is 5.69. The molecular formula is C18H19ClN2O7. The van der Waals surface area contributed by atoms with Gasteiger partial charge in [-0.05, 0) is 32.4 Å². The first-order valence-corrected chi connectivity index (χ1v) is 8.76. The zero-order valence-electron chi connectivity index (χ0n) is 15.5. The molecule has 28 heavy (non-hydrogen) atoms. The van der Waals surface area contributed by atoms with Crippen LogP contribution >= 0.6 is 11.6 Å². The lowest BCUT2D eigenvalue weighted by atomic mass is 9.82. The summed E-state index contributed by atoms with van der Waals surface area (Å²) in [7, 11) is 0. The van der Waals surface area contributed by atoms with E-state index in [1.165, 1.54) is 25.1 Å². The highest BCUT2D eigenvalue weighted by Gasteiger charge is 2.40. The van der Waals surface area contributed by atoms with Crippen LogP contribution < -0.4 is 5.73 Å². The average Bonchev–Trinajstić information content (AvgIpc) is 2.61. The summed E-state index contributed by atoms with van der Waals surface area (Å²) in [4.78, 5) is 35.7. The van der Waals surface area contributed by atoms with Gasteiger partial charge < -0.3 is 19.9 Å². The number of nitro groups is 1. The Morgan fingerprint density at radius 3 is 2.32 bits per heavy atom. The standard InChI is InChI=1S/C18H19ClN2O7/c1-4-26-17(22)13-9(3)28-16(20)15(18(23)27-5-2)14(13)10-6-7-11(19)12(8-10)21(24)25/h6-8,14H,4-5,20H2,1-3H3/t14-/m1/s1. The molecule has 0 aromatic heterocycles. The molecule has 0 spiro atoms. The Morgan fingerprint density at radius 2 is 1.79 bits per heavy atom. The van der Waals surface area contributed by atoms with E-state index in [0.29, 0.717) is 0 Å². The molecule has 2 rings (SSSR count). The summed E-state index contributed by atoms with van der Waals surface area (Å²) in [6.07, 6.45) is 0. The molecule has 2 N–H and O–H groups in total. The van der Waals surface area contributed by atoms with Crippen LogP contribution in [0.25, 0.3) is 0 Å². The summed E-state index contributed by atoms with van der Waals surface area (Å²) in [5.74, 6) is -2.77. The molecule has 0 bridgehead atoms. The Balaban J connectivity index is 2.73. The third kappa shape index (κ3) is 4.09. The smallest absolute Gasteiger partial charge is 0.340 e.